The van der Waals surface area contributed by atoms with Gasteiger partial charge in [0.1, 0.15) is 6.61 Å². The zero-order chi connectivity index (χ0) is 19.8. The van der Waals surface area contributed by atoms with Crippen LogP contribution in [-0.2, 0) is 6.61 Å². The van der Waals surface area contributed by atoms with E-state index in [1.54, 1.807) is 24.3 Å². The van der Waals surface area contributed by atoms with Crippen molar-refractivity contribution in [2.24, 2.45) is 5.10 Å². The minimum absolute atomic E-state index is 0.0113. The number of benzene rings is 2. The van der Waals surface area contributed by atoms with Gasteiger partial charge in [-0.15, -0.1) is 0 Å². The van der Waals surface area contributed by atoms with Crippen LogP contribution in [0.2, 0.25) is 10.0 Å². The van der Waals surface area contributed by atoms with Gasteiger partial charge in [-0.1, -0.05) is 35.3 Å². The number of hydrogen-bond acceptors (Lipinski definition) is 5. The summed E-state index contributed by atoms with van der Waals surface area (Å²) in [6.45, 7) is 2.70. The molecule has 0 aliphatic rings. The maximum Gasteiger partial charge on any atom is 0.269 e. The third kappa shape index (κ3) is 6.35. The lowest BCUT2D eigenvalue weighted by molar-refractivity contribution is -0.384. The van der Waals surface area contributed by atoms with E-state index in [4.69, 9.17) is 40.2 Å². The molecule has 0 saturated carbocycles. The van der Waals surface area contributed by atoms with E-state index in [1.807, 2.05) is 6.92 Å². The Kier molecular flexibility index (Phi) is 7.78. The lowest BCUT2D eigenvalue weighted by Crippen LogP contribution is -2.31. The van der Waals surface area contributed by atoms with Crippen molar-refractivity contribution in [3.05, 3.63) is 67.7 Å². The van der Waals surface area contributed by atoms with E-state index in [1.165, 1.54) is 18.3 Å². The van der Waals surface area contributed by atoms with E-state index >= 15 is 0 Å². The van der Waals surface area contributed by atoms with Gasteiger partial charge < -0.3 is 10.1 Å². The molecule has 0 aliphatic carbocycles. The monoisotopic (exact) mass is 426 g/mol. The third-order valence-corrected chi connectivity index (χ3v) is 4.04. The van der Waals surface area contributed by atoms with Crippen LogP contribution in [0.4, 0.5) is 5.69 Å². The molecule has 2 N–H and O–H groups in total. The number of rotatable bonds is 7. The maximum absolute atomic E-state index is 10.8. The predicted octanol–water partition coefficient (Wildman–Crippen LogP) is 4.30. The van der Waals surface area contributed by atoms with Gasteiger partial charge in [-0.3, -0.25) is 15.5 Å². The summed E-state index contributed by atoms with van der Waals surface area (Å²) in [5.41, 5.74) is 3.93. The smallest absolute Gasteiger partial charge is 0.269 e. The van der Waals surface area contributed by atoms with Crippen molar-refractivity contribution in [3.63, 3.8) is 0 Å². The number of thiocarbonyl (C=S) groups is 1. The minimum Gasteiger partial charge on any atom is -0.486 e. The molecule has 2 aromatic carbocycles. The van der Waals surface area contributed by atoms with E-state index < -0.39 is 4.92 Å². The van der Waals surface area contributed by atoms with Crippen LogP contribution < -0.4 is 15.5 Å². The molecule has 0 spiro atoms. The molecule has 2 rings (SSSR count). The van der Waals surface area contributed by atoms with Crippen molar-refractivity contribution < 1.29 is 9.66 Å². The van der Waals surface area contributed by atoms with E-state index in [2.05, 4.69) is 15.8 Å². The van der Waals surface area contributed by atoms with Crippen LogP contribution in [0.5, 0.6) is 5.75 Å². The van der Waals surface area contributed by atoms with Crippen LogP contribution in [-0.4, -0.2) is 22.8 Å². The molecular weight excluding hydrogens is 411 g/mol. The SMILES string of the molecule is CCNC(=S)NN=Cc1cc(Cl)c(OCc2cccc([N+](=O)[O-])c2)c(Cl)c1. The van der Waals surface area contributed by atoms with Crippen LogP contribution >= 0.6 is 35.4 Å². The van der Waals surface area contributed by atoms with Gasteiger partial charge in [0.25, 0.3) is 5.69 Å². The van der Waals surface area contributed by atoms with Gasteiger partial charge in [0.15, 0.2) is 10.9 Å². The minimum atomic E-state index is -0.465. The lowest BCUT2D eigenvalue weighted by atomic mass is 10.2. The first-order valence-corrected chi connectivity index (χ1v) is 8.99. The molecule has 7 nitrogen and oxygen atoms in total. The van der Waals surface area contributed by atoms with Crippen LogP contribution in [0.15, 0.2) is 41.5 Å². The molecule has 142 valence electrons. The van der Waals surface area contributed by atoms with Crippen LogP contribution in [0.3, 0.4) is 0 Å². The number of hydrazone groups is 1. The molecule has 0 radical (unpaired) electrons. The van der Waals surface area contributed by atoms with Crippen molar-refractivity contribution in [3.8, 4) is 5.75 Å². The van der Waals surface area contributed by atoms with E-state index in [0.29, 0.717) is 32.8 Å². The zero-order valence-corrected chi connectivity index (χ0v) is 16.6. The van der Waals surface area contributed by atoms with Crippen LogP contribution in [0.1, 0.15) is 18.1 Å². The molecule has 0 bridgehead atoms. The Bertz CT molecular complexity index is 854. The second kappa shape index (κ2) is 10.1. The number of nitrogens with zero attached hydrogens (tertiary/aromatic N) is 2. The quantitative estimate of drug-likeness (QED) is 0.297. The fraction of sp³-hybridized carbons (Fsp3) is 0.176. The van der Waals surface area contributed by atoms with Crippen molar-refractivity contribution in [2.75, 3.05) is 6.54 Å². The summed E-state index contributed by atoms with van der Waals surface area (Å²) in [4.78, 5) is 10.4. The number of non-ortho nitro benzene ring substituents is 1. The Morgan fingerprint density at radius 2 is 2.04 bits per heavy atom. The Morgan fingerprint density at radius 3 is 2.67 bits per heavy atom. The highest BCUT2D eigenvalue weighted by molar-refractivity contribution is 7.80. The number of nitro groups is 1. The first-order chi connectivity index (χ1) is 12.9. The molecule has 27 heavy (non-hydrogen) atoms. The number of halogens is 2. The number of ether oxygens (including phenoxy) is 1. The molecule has 0 amide bonds. The summed E-state index contributed by atoms with van der Waals surface area (Å²) in [7, 11) is 0. The standard InChI is InChI=1S/C17H16Cl2N4O3S/c1-2-20-17(27)22-21-9-12-7-14(18)16(15(19)8-12)26-10-11-4-3-5-13(6-11)23(24)25/h3-9H,2,10H2,1H3,(H2,20,22,27). The first kappa shape index (κ1) is 20.9. The fourth-order valence-corrected chi connectivity index (χ4v) is 2.88. The molecular formula is C17H16Cl2N4O3S. The second-order valence-electron chi connectivity index (χ2n) is 5.26. The highest BCUT2D eigenvalue weighted by Gasteiger charge is 2.11. The molecule has 0 unspecified atom stereocenters. The molecule has 0 aliphatic heterocycles. The van der Waals surface area contributed by atoms with Crippen molar-refractivity contribution >= 4 is 52.4 Å². The third-order valence-electron chi connectivity index (χ3n) is 3.24. The van der Waals surface area contributed by atoms with Gasteiger partial charge in [-0.05, 0) is 42.4 Å². The van der Waals surface area contributed by atoms with Gasteiger partial charge in [-0.2, -0.15) is 5.10 Å². The summed E-state index contributed by atoms with van der Waals surface area (Å²) < 4.78 is 5.64. The average Bonchev–Trinajstić information content (AvgIpc) is 2.61. The van der Waals surface area contributed by atoms with E-state index in [-0.39, 0.29) is 18.0 Å². The molecule has 10 heteroatoms. The summed E-state index contributed by atoms with van der Waals surface area (Å²) in [6, 6.07) is 9.42. The van der Waals surface area contributed by atoms with Gasteiger partial charge in [0, 0.05) is 18.7 Å². The summed E-state index contributed by atoms with van der Waals surface area (Å²) in [5, 5.41) is 18.7. The highest BCUT2D eigenvalue weighted by atomic mass is 35.5. The molecule has 0 fully saturated rings. The molecule has 0 saturated heterocycles. The lowest BCUT2D eigenvalue weighted by Gasteiger charge is -2.11. The second-order valence-corrected chi connectivity index (χ2v) is 6.48. The molecule has 0 heterocycles. The zero-order valence-electron chi connectivity index (χ0n) is 14.2. The van der Waals surface area contributed by atoms with Crippen molar-refractivity contribution in [1.29, 1.82) is 0 Å². The maximum atomic E-state index is 10.8. The van der Waals surface area contributed by atoms with E-state index in [0.717, 1.165) is 0 Å². The van der Waals surface area contributed by atoms with Crippen molar-refractivity contribution in [1.82, 2.24) is 10.7 Å². The normalized spacial score (nSPS) is 10.6. The topological polar surface area (TPSA) is 88.8 Å². The van der Waals surface area contributed by atoms with Crippen LogP contribution in [0.25, 0.3) is 0 Å². The predicted molar refractivity (Wildman–Crippen MR) is 111 cm³/mol. The largest absolute Gasteiger partial charge is 0.486 e. The highest BCUT2D eigenvalue weighted by Crippen LogP contribution is 2.34. The average molecular weight is 427 g/mol. The van der Waals surface area contributed by atoms with Crippen molar-refractivity contribution in [2.45, 2.75) is 13.5 Å². The van der Waals surface area contributed by atoms with Gasteiger partial charge in [0.05, 0.1) is 21.2 Å². The fourth-order valence-electron chi connectivity index (χ4n) is 2.07. The summed E-state index contributed by atoms with van der Waals surface area (Å²) >= 11 is 17.5. The van der Waals surface area contributed by atoms with E-state index in [9.17, 15) is 10.1 Å². The molecule has 2 aromatic rings. The number of hydrogen-bond donors (Lipinski definition) is 2. The molecule has 0 atom stereocenters. The molecule has 0 aromatic heterocycles. The Hall–Kier alpha value is -2.42. The van der Waals surface area contributed by atoms with Crippen LogP contribution in [0, 0.1) is 10.1 Å². The Morgan fingerprint density at radius 1 is 1.33 bits per heavy atom. The summed E-state index contributed by atoms with van der Waals surface area (Å²) in [6.07, 6.45) is 1.52. The summed E-state index contributed by atoms with van der Waals surface area (Å²) in [5.74, 6) is 0.290. The first-order valence-electron chi connectivity index (χ1n) is 7.82. The van der Waals surface area contributed by atoms with Gasteiger partial charge in [-0.25, -0.2) is 0 Å². The van der Waals surface area contributed by atoms with Gasteiger partial charge in [0.2, 0.25) is 0 Å². The number of nitrogens with one attached hydrogen (secondary N) is 2. The Labute approximate surface area is 171 Å². The Balaban J connectivity index is 2.06. The number of nitro benzene ring substituents is 1. The van der Waals surface area contributed by atoms with Gasteiger partial charge >= 0.3 is 0 Å².